The second-order valence-electron chi connectivity index (χ2n) is 5.67. The van der Waals surface area contributed by atoms with Crippen molar-refractivity contribution in [2.45, 2.75) is 43.8 Å². The van der Waals surface area contributed by atoms with E-state index in [0.717, 1.165) is 5.56 Å². The van der Waals surface area contributed by atoms with Crippen molar-refractivity contribution in [1.29, 1.82) is 0 Å². The minimum absolute atomic E-state index is 0.0796. The van der Waals surface area contributed by atoms with Gasteiger partial charge in [0.15, 0.2) is 0 Å². The molecule has 0 aliphatic carbocycles. The van der Waals surface area contributed by atoms with Crippen LogP contribution in [0.1, 0.15) is 24.5 Å². The van der Waals surface area contributed by atoms with Crippen molar-refractivity contribution in [3.8, 4) is 0 Å². The summed E-state index contributed by atoms with van der Waals surface area (Å²) in [5.74, 6) is 0. The van der Waals surface area contributed by atoms with Gasteiger partial charge < -0.3 is 15.6 Å². The maximum absolute atomic E-state index is 12.4. The minimum Gasteiger partial charge on any atom is -0.398 e. The Labute approximate surface area is 125 Å². The molecule has 1 saturated heterocycles. The number of ether oxygens (including phenoxy) is 1. The highest BCUT2D eigenvalue weighted by molar-refractivity contribution is 7.89. The molecule has 0 spiro atoms. The Morgan fingerprint density at radius 2 is 2.14 bits per heavy atom. The predicted molar refractivity (Wildman–Crippen MR) is 80.5 cm³/mol. The quantitative estimate of drug-likeness (QED) is 0.710. The molecule has 2 unspecified atom stereocenters. The summed E-state index contributed by atoms with van der Waals surface area (Å²) in [4.78, 5) is 0.148. The third kappa shape index (κ3) is 3.21. The smallest absolute Gasteiger partial charge is 0.241 e. The Morgan fingerprint density at radius 3 is 2.71 bits per heavy atom. The molecular weight excluding hydrogens is 292 g/mol. The van der Waals surface area contributed by atoms with Gasteiger partial charge in [-0.2, -0.15) is 0 Å². The summed E-state index contributed by atoms with van der Waals surface area (Å²) >= 11 is 0. The van der Waals surface area contributed by atoms with Crippen LogP contribution < -0.4 is 10.5 Å². The van der Waals surface area contributed by atoms with Crippen LogP contribution in [0.15, 0.2) is 17.0 Å². The lowest BCUT2D eigenvalue weighted by molar-refractivity contribution is -0.0228. The van der Waals surface area contributed by atoms with E-state index in [1.807, 2.05) is 0 Å². The van der Waals surface area contributed by atoms with Crippen molar-refractivity contribution in [2.75, 3.05) is 18.9 Å². The molecule has 0 bridgehead atoms. The normalized spacial score (nSPS) is 26.2. The summed E-state index contributed by atoms with van der Waals surface area (Å²) in [6.45, 7) is 5.53. The summed E-state index contributed by atoms with van der Waals surface area (Å²) < 4.78 is 32.7. The molecule has 7 heteroatoms. The monoisotopic (exact) mass is 314 g/mol. The number of hydrogen-bond acceptors (Lipinski definition) is 5. The van der Waals surface area contributed by atoms with Gasteiger partial charge in [-0.15, -0.1) is 0 Å². The average Bonchev–Trinajstić information content (AvgIpc) is 2.72. The van der Waals surface area contributed by atoms with E-state index >= 15 is 0 Å². The number of aliphatic hydroxyl groups is 1. The highest BCUT2D eigenvalue weighted by Crippen LogP contribution is 2.27. The van der Waals surface area contributed by atoms with Gasteiger partial charge >= 0.3 is 0 Å². The van der Waals surface area contributed by atoms with Crippen molar-refractivity contribution in [2.24, 2.45) is 0 Å². The third-order valence-corrected chi connectivity index (χ3v) is 5.59. The average molecular weight is 314 g/mol. The van der Waals surface area contributed by atoms with Crippen LogP contribution in [0.3, 0.4) is 0 Å². The SMILES string of the molecule is Cc1cc(N)c(C)c(S(=O)(=O)NCC2(O)CCOC2C)c1. The lowest BCUT2D eigenvalue weighted by atomic mass is 9.97. The van der Waals surface area contributed by atoms with Crippen LogP contribution in [-0.4, -0.2) is 38.4 Å². The zero-order valence-corrected chi connectivity index (χ0v) is 13.3. The topological polar surface area (TPSA) is 102 Å². The van der Waals surface area contributed by atoms with E-state index in [0.29, 0.717) is 24.3 Å². The molecule has 1 fully saturated rings. The molecule has 1 aromatic rings. The van der Waals surface area contributed by atoms with Crippen LogP contribution in [0.25, 0.3) is 0 Å². The summed E-state index contributed by atoms with van der Waals surface area (Å²) in [6, 6.07) is 3.31. The first-order valence-electron chi connectivity index (χ1n) is 6.86. The standard InChI is InChI=1S/C14H22N2O4S/c1-9-6-12(15)10(2)13(7-9)21(18,19)16-8-14(17)4-5-20-11(14)3/h6-7,11,16-17H,4-5,8,15H2,1-3H3. The predicted octanol–water partition coefficient (Wildman–Crippen LogP) is 0.704. The van der Waals surface area contributed by atoms with E-state index in [4.69, 9.17) is 10.5 Å². The first-order valence-corrected chi connectivity index (χ1v) is 8.34. The van der Waals surface area contributed by atoms with E-state index in [-0.39, 0.29) is 11.4 Å². The molecule has 1 aliphatic rings. The van der Waals surface area contributed by atoms with Gasteiger partial charge in [-0.05, 0) is 44.0 Å². The Balaban J connectivity index is 2.24. The fourth-order valence-electron chi connectivity index (χ4n) is 2.43. The number of nitrogens with two attached hydrogens (primary N) is 1. The van der Waals surface area contributed by atoms with Crippen molar-refractivity contribution in [3.63, 3.8) is 0 Å². The molecule has 0 saturated carbocycles. The fourth-order valence-corrected chi connectivity index (χ4v) is 3.89. The number of benzene rings is 1. The number of sulfonamides is 1. The molecule has 1 aromatic carbocycles. The van der Waals surface area contributed by atoms with Crippen molar-refractivity contribution < 1.29 is 18.3 Å². The highest BCUT2D eigenvalue weighted by atomic mass is 32.2. The van der Waals surface area contributed by atoms with E-state index in [1.54, 1.807) is 32.9 Å². The van der Waals surface area contributed by atoms with Gasteiger partial charge in [-0.1, -0.05) is 0 Å². The largest absolute Gasteiger partial charge is 0.398 e. The van der Waals surface area contributed by atoms with E-state index in [2.05, 4.69) is 4.72 Å². The molecular formula is C14H22N2O4S. The number of nitrogens with one attached hydrogen (secondary N) is 1. The number of rotatable bonds is 4. The highest BCUT2D eigenvalue weighted by Gasteiger charge is 2.40. The van der Waals surface area contributed by atoms with Gasteiger partial charge in [-0.25, -0.2) is 13.1 Å². The van der Waals surface area contributed by atoms with Gasteiger partial charge in [0.25, 0.3) is 0 Å². The lowest BCUT2D eigenvalue weighted by Gasteiger charge is -2.26. The van der Waals surface area contributed by atoms with Crippen LogP contribution in [0.5, 0.6) is 0 Å². The minimum atomic E-state index is -3.73. The molecule has 4 N–H and O–H groups in total. The maximum atomic E-state index is 12.4. The molecule has 0 aromatic heterocycles. The Hall–Kier alpha value is -1.15. The van der Waals surface area contributed by atoms with Crippen LogP contribution >= 0.6 is 0 Å². The van der Waals surface area contributed by atoms with Crippen molar-refractivity contribution >= 4 is 15.7 Å². The molecule has 21 heavy (non-hydrogen) atoms. The van der Waals surface area contributed by atoms with Gasteiger partial charge in [0.2, 0.25) is 10.0 Å². The molecule has 1 aliphatic heterocycles. The van der Waals surface area contributed by atoms with Gasteiger partial charge in [0.05, 0.1) is 11.0 Å². The summed E-state index contributed by atoms with van der Waals surface area (Å²) in [6.07, 6.45) is 0.00917. The van der Waals surface area contributed by atoms with E-state index in [9.17, 15) is 13.5 Å². The number of aryl methyl sites for hydroxylation is 1. The molecule has 0 amide bonds. The van der Waals surface area contributed by atoms with Crippen molar-refractivity contribution in [3.05, 3.63) is 23.3 Å². The molecule has 2 rings (SSSR count). The summed E-state index contributed by atoms with van der Waals surface area (Å²) in [5.41, 5.74) is 6.37. The van der Waals surface area contributed by atoms with Crippen LogP contribution in [0.4, 0.5) is 5.69 Å². The first-order chi connectivity index (χ1) is 9.66. The van der Waals surface area contributed by atoms with Gasteiger partial charge in [0, 0.05) is 25.3 Å². The second kappa shape index (κ2) is 5.57. The lowest BCUT2D eigenvalue weighted by Crippen LogP contribution is -2.47. The van der Waals surface area contributed by atoms with E-state index < -0.39 is 21.7 Å². The van der Waals surface area contributed by atoms with Crippen LogP contribution in [0.2, 0.25) is 0 Å². The summed E-state index contributed by atoms with van der Waals surface area (Å²) in [5, 5.41) is 10.4. The molecule has 118 valence electrons. The van der Waals surface area contributed by atoms with Gasteiger partial charge in [0.1, 0.15) is 5.60 Å². The van der Waals surface area contributed by atoms with Crippen LogP contribution in [-0.2, 0) is 14.8 Å². The molecule has 1 heterocycles. The van der Waals surface area contributed by atoms with Crippen molar-refractivity contribution in [1.82, 2.24) is 4.72 Å². The van der Waals surface area contributed by atoms with Gasteiger partial charge in [-0.3, -0.25) is 0 Å². The maximum Gasteiger partial charge on any atom is 0.241 e. The fraction of sp³-hybridized carbons (Fsp3) is 0.571. The zero-order chi connectivity index (χ0) is 15.8. The Morgan fingerprint density at radius 1 is 1.48 bits per heavy atom. The van der Waals surface area contributed by atoms with E-state index in [1.165, 1.54) is 0 Å². The molecule has 2 atom stereocenters. The second-order valence-corrected chi connectivity index (χ2v) is 7.40. The Kier molecular flexibility index (Phi) is 4.30. The molecule has 0 radical (unpaired) electrons. The number of nitrogen functional groups attached to an aromatic ring is 1. The van der Waals surface area contributed by atoms with Crippen LogP contribution in [0, 0.1) is 13.8 Å². The number of anilines is 1. The zero-order valence-electron chi connectivity index (χ0n) is 12.5. The third-order valence-electron chi connectivity index (χ3n) is 4.06. The first kappa shape index (κ1) is 16.2. The molecule has 6 nitrogen and oxygen atoms in total. The Bertz CT molecular complexity index is 645. The summed E-state index contributed by atoms with van der Waals surface area (Å²) in [7, 11) is -3.73. The number of hydrogen-bond donors (Lipinski definition) is 3.